The van der Waals surface area contributed by atoms with Gasteiger partial charge >= 0.3 is 5.97 Å². The van der Waals surface area contributed by atoms with Gasteiger partial charge in [-0.05, 0) is 49.0 Å². The molecule has 1 amide bonds. The fourth-order valence-electron chi connectivity index (χ4n) is 4.84. The van der Waals surface area contributed by atoms with E-state index in [1.807, 2.05) is 0 Å². The van der Waals surface area contributed by atoms with E-state index in [1.54, 1.807) is 49.1 Å². The Balaban J connectivity index is 1.76. The normalized spacial score (nSPS) is 23.9. The number of rotatable bonds is 7. The maximum Gasteiger partial charge on any atom is 0.328 e. The van der Waals surface area contributed by atoms with Gasteiger partial charge in [0.25, 0.3) is 0 Å². The maximum atomic E-state index is 13.0. The van der Waals surface area contributed by atoms with Gasteiger partial charge in [0.05, 0.1) is 12.0 Å². The molecule has 2 aliphatic rings. The molecular formula is C23H32N2O5S. The van der Waals surface area contributed by atoms with Gasteiger partial charge < -0.3 is 9.64 Å². The molecule has 3 unspecified atom stereocenters. The predicted molar refractivity (Wildman–Crippen MR) is 119 cm³/mol. The number of methoxy groups -OCH3 is 1. The summed E-state index contributed by atoms with van der Waals surface area (Å²) in [4.78, 5) is 27.2. The quantitative estimate of drug-likeness (QED) is 0.473. The number of likely N-dealkylation sites (tertiary alicyclic amines) is 1. The van der Waals surface area contributed by atoms with Gasteiger partial charge in [-0.2, -0.15) is 4.31 Å². The zero-order valence-electron chi connectivity index (χ0n) is 18.5. The first-order valence-corrected chi connectivity index (χ1v) is 12.5. The molecule has 0 aromatic heterocycles. The summed E-state index contributed by atoms with van der Waals surface area (Å²) in [7, 11) is -2.15. The summed E-state index contributed by atoms with van der Waals surface area (Å²) >= 11 is 0. The van der Waals surface area contributed by atoms with E-state index in [2.05, 4.69) is 0 Å². The van der Waals surface area contributed by atoms with Crippen molar-refractivity contribution in [2.24, 2.45) is 5.92 Å². The number of sulfonamides is 1. The summed E-state index contributed by atoms with van der Waals surface area (Å²) in [6, 6.07) is 6.04. The molecule has 3 atom stereocenters. The molecule has 1 saturated carbocycles. The molecule has 1 heterocycles. The predicted octanol–water partition coefficient (Wildman–Crippen LogP) is 3.06. The lowest BCUT2D eigenvalue weighted by Crippen LogP contribution is -2.45. The van der Waals surface area contributed by atoms with Crippen LogP contribution < -0.4 is 0 Å². The van der Waals surface area contributed by atoms with Crippen LogP contribution in [0, 0.1) is 5.92 Å². The van der Waals surface area contributed by atoms with Gasteiger partial charge in [0.15, 0.2) is 0 Å². The number of carbonyl (C=O) groups is 2. The van der Waals surface area contributed by atoms with Crippen molar-refractivity contribution in [3.63, 3.8) is 0 Å². The van der Waals surface area contributed by atoms with Crippen molar-refractivity contribution >= 4 is 28.0 Å². The summed E-state index contributed by atoms with van der Waals surface area (Å²) in [5.74, 6) is -0.216. The minimum atomic E-state index is -3.51. The van der Waals surface area contributed by atoms with Crippen LogP contribution in [-0.2, 0) is 24.3 Å². The van der Waals surface area contributed by atoms with Gasteiger partial charge in [-0.15, -0.1) is 0 Å². The second kappa shape index (κ2) is 9.96. The van der Waals surface area contributed by atoms with Gasteiger partial charge in [-0.1, -0.05) is 38.8 Å². The second-order valence-electron chi connectivity index (χ2n) is 8.12. The third kappa shape index (κ3) is 4.85. The van der Waals surface area contributed by atoms with Crippen LogP contribution in [0.3, 0.4) is 0 Å². The van der Waals surface area contributed by atoms with E-state index < -0.39 is 16.1 Å². The van der Waals surface area contributed by atoms with Crippen molar-refractivity contribution < 1.29 is 22.7 Å². The van der Waals surface area contributed by atoms with E-state index in [0.29, 0.717) is 25.4 Å². The molecule has 0 bridgehead atoms. The Labute approximate surface area is 185 Å². The second-order valence-corrected chi connectivity index (χ2v) is 10.1. The van der Waals surface area contributed by atoms with Gasteiger partial charge in [0.2, 0.25) is 15.9 Å². The Morgan fingerprint density at radius 3 is 2.39 bits per heavy atom. The average Bonchev–Trinajstić information content (AvgIpc) is 3.17. The van der Waals surface area contributed by atoms with E-state index in [4.69, 9.17) is 4.74 Å². The van der Waals surface area contributed by atoms with Crippen LogP contribution in [0.2, 0.25) is 0 Å². The van der Waals surface area contributed by atoms with Crippen LogP contribution >= 0.6 is 0 Å². The third-order valence-electron chi connectivity index (χ3n) is 6.46. The fourth-order valence-corrected chi connectivity index (χ4v) is 6.30. The van der Waals surface area contributed by atoms with Crippen molar-refractivity contribution in [2.75, 3.05) is 20.2 Å². The highest BCUT2D eigenvalue weighted by molar-refractivity contribution is 7.89. The highest BCUT2D eigenvalue weighted by atomic mass is 32.2. The molecule has 1 aliphatic heterocycles. The Morgan fingerprint density at radius 1 is 1.13 bits per heavy atom. The van der Waals surface area contributed by atoms with Crippen LogP contribution in [-0.4, -0.2) is 61.8 Å². The summed E-state index contributed by atoms with van der Waals surface area (Å²) < 4.78 is 31.6. The highest BCUT2D eigenvalue weighted by Gasteiger charge is 2.47. The molecule has 7 nitrogen and oxygen atoms in total. The summed E-state index contributed by atoms with van der Waals surface area (Å²) in [5.41, 5.74) is 0.723. The maximum absolute atomic E-state index is 13.0. The Hall–Kier alpha value is -2.19. The first kappa shape index (κ1) is 23.5. The summed E-state index contributed by atoms with van der Waals surface area (Å²) in [5, 5.41) is 0. The molecule has 0 N–H and O–H groups in total. The molecule has 1 aromatic rings. The number of hydrogen-bond donors (Lipinski definition) is 0. The van der Waals surface area contributed by atoms with Gasteiger partial charge in [-0.25, -0.2) is 13.2 Å². The van der Waals surface area contributed by atoms with E-state index in [9.17, 15) is 18.0 Å². The van der Waals surface area contributed by atoms with E-state index >= 15 is 0 Å². The van der Waals surface area contributed by atoms with E-state index in [-0.39, 0.29) is 22.8 Å². The number of amides is 1. The Bertz CT molecular complexity index is 922. The van der Waals surface area contributed by atoms with E-state index in [1.165, 1.54) is 17.5 Å². The van der Waals surface area contributed by atoms with Gasteiger partial charge in [0.1, 0.15) is 6.04 Å². The molecule has 170 valence electrons. The first-order chi connectivity index (χ1) is 14.8. The lowest BCUT2D eigenvalue weighted by Gasteiger charge is -2.32. The minimum absolute atomic E-state index is 0.0802. The lowest BCUT2D eigenvalue weighted by atomic mass is 9.85. The molecule has 8 heteroatoms. The zero-order valence-corrected chi connectivity index (χ0v) is 19.3. The van der Waals surface area contributed by atoms with Crippen LogP contribution in [0.1, 0.15) is 51.5 Å². The van der Waals surface area contributed by atoms with Crippen molar-refractivity contribution in [3.05, 3.63) is 35.9 Å². The van der Waals surface area contributed by atoms with Crippen LogP contribution in [0.25, 0.3) is 6.08 Å². The number of ether oxygens (including phenoxy) is 1. The molecule has 31 heavy (non-hydrogen) atoms. The third-order valence-corrected chi connectivity index (χ3v) is 8.52. The Morgan fingerprint density at radius 2 is 1.77 bits per heavy atom. The molecule has 0 spiro atoms. The van der Waals surface area contributed by atoms with Crippen molar-refractivity contribution in [1.29, 1.82) is 0 Å². The van der Waals surface area contributed by atoms with Crippen molar-refractivity contribution in [3.8, 4) is 0 Å². The van der Waals surface area contributed by atoms with Crippen LogP contribution in [0.4, 0.5) is 0 Å². The van der Waals surface area contributed by atoms with Gasteiger partial charge in [0, 0.05) is 25.2 Å². The summed E-state index contributed by atoms with van der Waals surface area (Å²) in [6.07, 6.45) is 7.95. The highest BCUT2D eigenvalue weighted by Crippen LogP contribution is 2.40. The Kier molecular flexibility index (Phi) is 7.54. The number of hydrogen-bond acceptors (Lipinski definition) is 5. The van der Waals surface area contributed by atoms with Crippen molar-refractivity contribution in [2.45, 2.75) is 62.9 Å². The van der Waals surface area contributed by atoms with Gasteiger partial charge in [-0.3, -0.25) is 4.79 Å². The molecular weight excluding hydrogens is 416 g/mol. The smallest absolute Gasteiger partial charge is 0.328 e. The number of fused-ring (bicyclic) bond motifs is 1. The number of carbonyl (C=O) groups excluding carboxylic acids is 2. The topological polar surface area (TPSA) is 84.0 Å². The number of nitrogens with zero attached hydrogens (tertiary/aromatic N) is 2. The standard InChI is InChI=1S/C23H32N2O5S/c1-4-24(5-2)31(28,29)19-13-10-17(11-14-19)12-15-22(26)25-20-9-7-6-8-18(20)16-21(25)23(27)30-3/h10-15,18,20-21H,4-9,16H2,1-3H3/b15-12+. The summed E-state index contributed by atoms with van der Waals surface area (Å²) in [6.45, 7) is 4.43. The lowest BCUT2D eigenvalue weighted by molar-refractivity contribution is -0.150. The molecule has 1 aromatic carbocycles. The van der Waals surface area contributed by atoms with Crippen molar-refractivity contribution in [1.82, 2.24) is 9.21 Å². The molecule has 1 aliphatic carbocycles. The SMILES string of the molecule is CCN(CC)S(=O)(=O)c1ccc(/C=C/C(=O)N2C(C(=O)OC)CC3CCCCC32)cc1. The van der Waals surface area contributed by atoms with Crippen LogP contribution in [0.15, 0.2) is 35.2 Å². The fraction of sp³-hybridized carbons (Fsp3) is 0.565. The largest absolute Gasteiger partial charge is 0.467 e. The van der Waals surface area contributed by atoms with E-state index in [0.717, 1.165) is 31.2 Å². The minimum Gasteiger partial charge on any atom is -0.467 e. The number of esters is 1. The molecule has 0 radical (unpaired) electrons. The number of benzene rings is 1. The monoisotopic (exact) mass is 448 g/mol. The molecule has 1 saturated heterocycles. The van der Waals surface area contributed by atoms with Crippen LogP contribution in [0.5, 0.6) is 0 Å². The molecule has 3 rings (SSSR count). The average molecular weight is 449 g/mol. The first-order valence-electron chi connectivity index (χ1n) is 11.0. The zero-order chi connectivity index (χ0) is 22.6. The molecule has 2 fully saturated rings.